The lowest BCUT2D eigenvalue weighted by atomic mass is 9.76. The summed E-state index contributed by atoms with van der Waals surface area (Å²) in [6, 6.07) is 56.0. The second-order valence-corrected chi connectivity index (χ2v) is 14.5. The number of hydrogen-bond acceptors (Lipinski definition) is 2. The zero-order chi connectivity index (χ0) is 33.7. The van der Waals surface area contributed by atoms with E-state index in [2.05, 4.69) is 168 Å². The topological polar surface area (TPSA) is 21.3 Å². The van der Waals surface area contributed by atoms with Gasteiger partial charge in [-0.3, -0.25) is 0 Å². The Labute approximate surface area is 297 Å². The zero-order valence-corrected chi connectivity index (χ0v) is 28.6. The van der Waals surface area contributed by atoms with Gasteiger partial charge in [0.1, 0.15) is 11.2 Å². The van der Waals surface area contributed by atoms with Crippen LogP contribution in [-0.4, -0.2) is 4.57 Å². The van der Waals surface area contributed by atoms with E-state index in [-0.39, 0.29) is 5.41 Å². The van der Waals surface area contributed by atoms with Crippen LogP contribution in [0.2, 0.25) is 0 Å². The van der Waals surface area contributed by atoms with Crippen LogP contribution in [-0.2, 0) is 5.41 Å². The standard InChI is InChI=1S/C48H36N2O/c1-31-19-21-32(22-20-31)50-42-15-6-3-12-37(42)39-29-33(24-26-43(39)50)49(44-16-10-18-46-47(44)38-13-4-7-17-45(38)51-46)34-23-25-36-35-11-2-5-14-40(35)48(41(36)30-34)27-8-9-28-48/h2-7,10-26,29-30H,8-9,27-28H2,1H3. The van der Waals surface area contributed by atoms with E-state index in [0.29, 0.717) is 0 Å². The van der Waals surface area contributed by atoms with Crippen molar-refractivity contribution in [1.82, 2.24) is 4.57 Å². The normalized spacial score (nSPS) is 14.6. The molecule has 2 aliphatic carbocycles. The van der Waals surface area contributed by atoms with Crippen molar-refractivity contribution in [3.05, 3.63) is 168 Å². The smallest absolute Gasteiger partial charge is 0.137 e. The van der Waals surface area contributed by atoms with Gasteiger partial charge in [-0.05, 0) is 109 Å². The molecule has 0 bridgehead atoms. The first kappa shape index (κ1) is 28.7. The zero-order valence-electron chi connectivity index (χ0n) is 28.6. The summed E-state index contributed by atoms with van der Waals surface area (Å²) in [6.07, 6.45) is 4.94. The molecule has 1 saturated carbocycles. The highest BCUT2D eigenvalue weighted by atomic mass is 16.3. The van der Waals surface area contributed by atoms with Gasteiger partial charge < -0.3 is 13.9 Å². The monoisotopic (exact) mass is 656 g/mol. The molecule has 9 aromatic rings. The minimum atomic E-state index is 0.0768. The van der Waals surface area contributed by atoms with Gasteiger partial charge in [0.25, 0.3) is 0 Å². The van der Waals surface area contributed by atoms with E-state index in [0.717, 1.165) is 33.3 Å². The highest BCUT2D eigenvalue weighted by molar-refractivity contribution is 6.15. The van der Waals surface area contributed by atoms with E-state index in [1.807, 2.05) is 0 Å². The summed E-state index contributed by atoms with van der Waals surface area (Å²) in [7, 11) is 0. The van der Waals surface area contributed by atoms with Gasteiger partial charge in [0, 0.05) is 38.6 Å². The average Bonchev–Trinajstić information content (AvgIpc) is 3.95. The van der Waals surface area contributed by atoms with Crippen LogP contribution in [0.15, 0.2) is 156 Å². The summed E-state index contributed by atoms with van der Waals surface area (Å²) in [6.45, 7) is 2.15. The van der Waals surface area contributed by atoms with Crippen LogP contribution in [0.1, 0.15) is 42.4 Å². The second-order valence-electron chi connectivity index (χ2n) is 14.5. The Morgan fingerprint density at radius 1 is 0.549 bits per heavy atom. The Hall–Kier alpha value is -6.06. The quantitative estimate of drug-likeness (QED) is 0.188. The number of anilines is 3. The van der Waals surface area contributed by atoms with Gasteiger partial charge in [0.15, 0.2) is 0 Å². The number of benzene rings is 7. The summed E-state index contributed by atoms with van der Waals surface area (Å²) in [5.41, 5.74) is 15.9. The summed E-state index contributed by atoms with van der Waals surface area (Å²) < 4.78 is 8.87. The number of aromatic nitrogens is 1. The molecule has 2 aromatic heterocycles. The number of rotatable bonds is 4. The van der Waals surface area contributed by atoms with E-state index in [1.54, 1.807) is 0 Å². The van der Waals surface area contributed by atoms with Gasteiger partial charge in [0.2, 0.25) is 0 Å². The minimum absolute atomic E-state index is 0.0768. The first-order valence-electron chi connectivity index (χ1n) is 18.2. The van der Waals surface area contributed by atoms with Crippen LogP contribution in [0.5, 0.6) is 0 Å². The van der Waals surface area contributed by atoms with Gasteiger partial charge in [-0.2, -0.15) is 0 Å². The molecule has 0 N–H and O–H groups in total. The fourth-order valence-corrected chi connectivity index (χ4v) is 9.54. The molecule has 51 heavy (non-hydrogen) atoms. The van der Waals surface area contributed by atoms with Crippen LogP contribution < -0.4 is 4.90 Å². The maximum absolute atomic E-state index is 6.47. The Morgan fingerprint density at radius 2 is 1.24 bits per heavy atom. The molecular formula is C48H36N2O. The molecule has 0 aliphatic heterocycles. The number of hydrogen-bond donors (Lipinski definition) is 0. The van der Waals surface area contributed by atoms with Crippen molar-refractivity contribution in [2.75, 3.05) is 4.90 Å². The number of furan rings is 1. The SMILES string of the molecule is Cc1ccc(-n2c3ccccc3c3cc(N(c4ccc5c(c4)C4(CCCC4)c4ccccc4-5)c4cccc5oc6ccccc6c45)ccc32)cc1. The van der Waals surface area contributed by atoms with Crippen LogP contribution >= 0.6 is 0 Å². The lowest BCUT2D eigenvalue weighted by Gasteiger charge is -2.30. The molecule has 3 nitrogen and oxygen atoms in total. The Morgan fingerprint density at radius 3 is 2.12 bits per heavy atom. The first-order chi connectivity index (χ1) is 25.2. The summed E-state index contributed by atoms with van der Waals surface area (Å²) >= 11 is 0. The van der Waals surface area contributed by atoms with Crippen molar-refractivity contribution >= 4 is 60.8 Å². The first-order valence-corrected chi connectivity index (χ1v) is 18.2. The van der Waals surface area contributed by atoms with Crippen molar-refractivity contribution in [2.45, 2.75) is 38.0 Å². The van der Waals surface area contributed by atoms with Crippen molar-refractivity contribution in [3.8, 4) is 16.8 Å². The number of aryl methyl sites for hydroxylation is 1. The third kappa shape index (κ3) is 4.06. The predicted octanol–water partition coefficient (Wildman–Crippen LogP) is 13.3. The van der Waals surface area contributed by atoms with E-state index >= 15 is 0 Å². The minimum Gasteiger partial charge on any atom is -0.456 e. The maximum atomic E-state index is 6.47. The molecule has 1 spiro atoms. The molecule has 2 heterocycles. The van der Waals surface area contributed by atoms with E-state index < -0.39 is 0 Å². The molecule has 7 aromatic carbocycles. The lowest BCUT2D eigenvalue weighted by molar-refractivity contribution is 0.550. The molecule has 244 valence electrons. The maximum Gasteiger partial charge on any atom is 0.137 e. The second kappa shape index (κ2) is 10.7. The van der Waals surface area contributed by atoms with Crippen molar-refractivity contribution in [1.29, 1.82) is 0 Å². The largest absolute Gasteiger partial charge is 0.456 e. The van der Waals surface area contributed by atoms with Crippen molar-refractivity contribution < 1.29 is 4.42 Å². The predicted molar refractivity (Wildman–Crippen MR) is 212 cm³/mol. The van der Waals surface area contributed by atoms with Gasteiger partial charge in [-0.1, -0.05) is 103 Å². The summed E-state index contributed by atoms with van der Waals surface area (Å²) in [5.74, 6) is 0. The fraction of sp³-hybridized carbons (Fsp3) is 0.125. The average molecular weight is 657 g/mol. The fourth-order valence-electron chi connectivity index (χ4n) is 9.54. The molecule has 0 amide bonds. The highest BCUT2D eigenvalue weighted by Gasteiger charge is 2.45. The number of para-hydroxylation sites is 2. The molecule has 0 saturated heterocycles. The van der Waals surface area contributed by atoms with Crippen LogP contribution in [0.25, 0.3) is 60.6 Å². The van der Waals surface area contributed by atoms with Crippen molar-refractivity contribution in [2.24, 2.45) is 0 Å². The molecule has 3 heteroatoms. The summed E-state index contributed by atoms with van der Waals surface area (Å²) in [5, 5.41) is 4.75. The molecule has 11 rings (SSSR count). The van der Waals surface area contributed by atoms with Crippen LogP contribution in [0.4, 0.5) is 17.1 Å². The van der Waals surface area contributed by atoms with E-state index in [4.69, 9.17) is 4.42 Å². The Kier molecular flexibility index (Phi) is 6.04. The lowest BCUT2D eigenvalue weighted by Crippen LogP contribution is -2.21. The van der Waals surface area contributed by atoms with Gasteiger partial charge >= 0.3 is 0 Å². The van der Waals surface area contributed by atoms with Crippen LogP contribution in [0, 0.1) is 6.92 Å². The third-order valence-corrected chi connectivity index (χ3v) is 11.8. The molecule has 0 atom stereocenters. The third-order valence-electron chi connectivity index (χ3n) is 11.8. The molecule has 1 fully saturated rings. The highest BCUT2D eigenvalue weighted by Crippen LogP contribution is 2.58. The van der Waals surface area contributed by atoms with Gasteiger partial charge in [-0.25, -0.2) is 0 Å². The molecule has 2 aliphatic rings. The van der Waals surface area contributed by atoms with Gasteiger partial charge in [-0.15, -0.1) is 0 Å². The summed E-state index contributed by atoms with van der Waals surface area (Å²) in [4.78, 5) is 2.48. The molecular weight excluding hydrogens is 621 g/mol. The van der Waals surface area contributed by atoms with E-state index in [1.165, 1.54) is 86.7 Å². The number of fused-ring (bicyclic) bond motifs is 11. The Balaban J connectivity index is 1.19. The van der Waals surface area contributed by atoms with Crippen molar-refractivity contribution in [3.63, 3.8) is 0 Å². The van der Waals surface area contributed by atoms with E-state index in [9.17, 15) is 0 Å². The molecule has 0 unspecified atom stereocenters. The molecule has 0 radical (unpaired) electrons. The van der Waals surface area contributed by atoms with Crippen LogP contribution in [0.3, 0.4) is 0 Å². The van der Waals surface area contributed by atoms with Gasteiger partial charge in [0.05, 0.1) is 22.1 Å². The number of nitrogens with zero attached hydrogens (tertiary/aromatic N) is 2. The Bertz CT molecular complexity index is 2830.